The SMILES string of the molecule is CCc1ccccc1Nc1nc(Cl)nc(Nc2cc(S(=O)(=O)[O-])cc3cc(S(=O)(=O)[O-])c(N=Nc4ccc(S(=O)(=O)CCOS(=O)(=O)O)cc4)c([O-])c23)n1.[Na+].[Na+].[Na+]. The quantitative estimate of drug-likeness (QED) is 0.0532. The van der Waals surface area contributed by atoms with Crippen molar-refractivity contribution in [3.8, 4) is 5.75 Å². The normalized spacial score (nSPS) is 12.0. The molecule has 28 heteroatoms. The van der Waals surface area contributed by atoms with Crippen molar-refractivity contribution in [2.24, 2.45) is 10.2 Å². The number of anilines is 4. The van der Waals surface area contributed by atoms with Gasteiger partial charge in [0.15, 0.2) is 9.84 Å². The monoisotopic (exact) mass is 909 g/mol. The minimum absolute atomic E-state index is 0. The third-order valence-corrected chi connectivity index (χ3v) is 11.2. The number of fused-ring (bicyclic) bond motifs is 1. The van der Waals surface area contributed by atoms with Crippen LogP contribution in [-0.4, -0.2) is 74.6 Å². The first-order valence-corrected chi connectivity index (χ1v) is 21.0. The van der Waals surface area contributed by atoms with Crippen LogP contribution in [0.2, 0.25) is 5.28 Å². The Morgan fingerprint density at radius 3 is 1.93 bits per heavy atom. The van der Waals surface area contributed by atoms with Gasteiger partial charge in [-0.15, -0.1) is 5.11 Å². The molecular formula is C29H23ClN7Na3O13S4. The average molecular weight is 910 g/mol. The summed E-state index contributed by atoms with van der Waals surface area (Å²) in [7, 11) is -19.8. The van der Waals surface area contributed by atoms with E-state index >= 15 is 0 Å². The van der Waals surface area contributed by atoms with E-state index in [0.29, 0.717) is 24.2 Å². The second-order valence-corrected chi connectivity index (χ2v) is 17.1. The molecule has 0 spiro atoms. The van der Waals surface area contributed by atoms with Gasteiger partial charge in [-0.1, -0.05) is 30.9 Å². The number of benzene rings is 4. The minimum atomic E-state index is -5.53. The first kappa shape index (κ1) is 51.2. The zero-order valence-electron chi connectivity index (χ0n) is 30.1. The van der Waals surface area contributed by atoms with Crippen molar-refractivity contribution in [2.45, 2.75) is 28.0 Å². The van der Waals surface area contributed by atoms with Gasteiger partial charge in [0.25, 0.3) is 0 Å². The van der Waals surface area contributed by atoms with Gasteiger partial charge in [0, 0.05) is 11.4 Å². The largest absolute Gasteiger partial charge is 1.00 e. The second-order valence-electron chi connectivity index (χ2n) is 10.8. The molecule has 0 bridgehead atoms. The number of hydrogen-bond acceptors (Lipinski definition) is 19. The van der Waals surface area contributed by atoms with Crippen LogP contribution >= 0.6 is 11.6 Å². The molecule has 0 aliphatic rings. The molecule has 0 saturated heterocycles. The summed E-state index contributed by atoms with van der Waals surface area (Å²) < 4.78 is 132. The summed E-state index contributed by atoms with van der Waals surface area (Å²) >= 11 is 6.13. The molecule has 5 aromatic rings. The van der Waals surface area contributed by atoms with E-state index in [2.05, 4.69) is 40.0 Å². The molecule has 286 valence electrons. The van der Waals surface area contributed by atoms with Crippen molar-refractivity contribution in [1.29, 1.82) is 0 Å². The van der Waals surface area contributed by atoms with Gasteiger partial charge in [-0.05, 0) is 82.9 Å². The predicted octanol–water partition coefficient (Wildman–Crippen LogP) is -5.37. The van der Waals surface area contributed by atoms with Crippen molar-refractivity contribution in [1.82, 2.24) is 15.0 Å². The Labute approximate surface area is 397 Å². The summed E-state index contributed by atoms with van der Waals surface area (Å²) in [5, 5.41) is 25.6. The number of halogens is 1. The molecular weight excluding hydrogens is 887 g/mol. The Kier molecular flexibility index (Phi) is 18.5. The van der Waals surface area contributed by atoms with E-state index < -0.39 is 90.5 Å². The fraction of sp³-hybridized carbons (Fsp3) is 0.138. The zero-order chi connectivity index (χ0) is 39.6. The Balaban J connectivity index is 0.00000374. The van der Waals surface area contributed by atoms with Crippen molar-refractivity contribution in [3.05, 3.63) is 77.6 Å². The number of hydrogen-bond donors (Lipinski definition) is 3. The van der Waals surface area contributed by atoms with Crippen LogP contribution in [0.3, 0.4) is 0 Å². The van der Waals surface area contributed by atoms with Crippen LogP contribution in [0.15, 0.2) is 91.6 Å². The molecule has 0 saturated carbocycles. The Bertz CT molecular complexity index is 2770. The molecule has 3 N–H and O–H groups in total. The summed E-state index contributed by atoms with van der Waals surface area (Å²) in [4.78, 5) is 9.63. The first-order chi connectivity index (χ1) is 25.1. The van der Waals surface area contributed by atoms with E-state index in [1.807, 2.05) is 19.1 Å². The van der Waals surface area contributed by atoms with Gasteiger partial charge in [-0.25, -0.2) is 29.4 Å². The molecule has 0 radical (unpaired) electrons. The van der Waals surface area contributed by atoms with Gasteiger partial charge in [0.05, 0.1) is 38.4 Å². The molecule has 0 atom stereocenters. The van der Waals surface area contributed by atoms with Gasteiger partial charge >= 0.3 is 99.1 Å². The average Bonchev–Trinajstić information content (AvgIpc) is 3.06. The number of rotatable bonds is 14. The van der Waals surface area contributed by atoms with Crippen molar-refractivity contribution >= 4 is 97.5 Å². The summed E-state index contributed by atoms with van der Waals surface area (Å²) in [6.07, 6.45) is 0.633. The van der Waals surface area contributed by atoms with Crippen LogP contribution in [-0.2, 0) is 51.1 Å². The van der Waals surface area contributed by atoms with E-state index in [4.69, 9.17) is 16.2 Å². The molecule has 0 unspecified atom stereocenters. The van der Waals surface area contributed by atoms with Crippen LogP contribution in [0, 0.1) is 0 Å². The van der Waals surface area contributed by atoms with Crippen LogP contribution < -0.4 is 104 Å². The topological polar surface area (TPSA) is 323 Å². The van der Waals surface area contributed by atoms with Gasteiger partial charge in [0.1, 0.15) is 20.2 Å². The minimum Gasteiger partial charge on any atom is -0.870 e. The number of sulfone groups is 1. The molecule has 4 aromatic carbocycles. The molecule has 57 heavy (non-hydrogen) atoms. The van der Waals surface area contributed by atoms with Gasteiger partial charge < -0.3 is 24.8 Å². The van der Waals surface area contributed by atoms with Crippen molar-refractivity contribution in [2.75, 3.05) is 23.0 Å². The molecule has 1 aromatic heterocycles. The van der Waals surface area contributed by atoms with Crippen molar-refractivity contribution in [3.63, 3.8) is 0 Å². The van der Waals surface area contributed by atoms with E-state index in [1.54, 1.807) is 12.1 Å². The number of aryl methyl sites for hydroxylation is 1. The second kappa shape index (κ2) is 20.6. The van der Waals surface area contributed by atoms with Gasteiger partial charge in [-0.2, -0.15) is 28.5 Å². The Morgan fingerprint density at radius 1 is 0.772 bits per heavy atom. The van der Waals surface area contributed by atoms with Gasteiger partial charge in [0.2, 0.25) is 17.2 Å². The Hall–Kier alpha value is -1.92. The Morgan fingerprint density at radius 2 is 1.37 bits per heavy atom. The third-order valence-electron chi connectivity index (χ3n) is 7.21. The predicted molar refractivity (Wildman–Crippen MR) is 187 cm³/mol. The van der Waals surface area contributed by atoms with Crippen LogP contribution in [0.4, 0.5) is 34.6 Å². The molecule has 0 aliphatic heterocycles. The van der Waals surface area contributed by atoms with Gasteiger partial charge in [-0.3, -0.25) is 4.55 Å². The maximum absolute atomic E-state index is 13.9. The van der Waals surface area contributed by atoms with E-state index in [0.717, 1.165) is 35.9 Å². The molecule has 0 aliphatic carbocycles. The number of para-hydroxylation sites is 1. The van der Waals surface area contributed by atoms with Crippen LogP contribution in [0.1, 0.15) is 12.5 Å². The van der Waals surface area contributed by atoms with Crippen LogP contribution in [0.5, 0.6) is 5.75 Å². The summed E-state index contributed by atoms with van der Waals surface area (Å²) in [5.41, 5.74) is -0.151. The summed E-state index contributed by atoms with van der Waals surface area (Å²) in [6, 6.07) is 13.4. The molecule has 0 amide bonds. The maximum atomic E-state index is 13.9. The fourth-order valence-electron chi connectivity index (χ4n) is 4.82. The van der Waals surface area contributed by atoms with E-state index in [9.17, 15) is 47.9 Å². The number of aromatic nitrogens is 3. The molecule has 1 heterocycles. The van der Waals surface area contributed by atoms with E-state index in [1.165, 1.54) is 0 Å². The zero-order valence-corrected chi connectivity index (χ0v) is 40.1. The fourth-order valence-corrected chi connectivity index (χ4v) is 7.64. The molecule has 20 nitrogen and oxygen atoms in total. The molecule has 0 fully saturated rings. The van der Waals surface area contributed by atoms with Crippen molar-refractivity contribution < 1.29 is 145 Å². The number of nitrogens with zero attached hydrogens (tertiary/aromatic N) is 5. The first-order valence-electron chi connectivity index (χ1n) is 14.8. The summed E-state index contributed by atoms with van der Waals surface area (Å²) in [6.45, 7) is 1.02. The van der Waals surface area contributed by atoms with Crippen LogP contribution in [0.25, 0.3) is 10.8 Å². The summed E-state index contributed by atoms with van der Waals surface area (Å²) in [5.74, 6) is -2.58. The third kappa shape index (κ3) is 13.5. The number of azo groups is 1. The molecule has 5 rings (SSSR count). The standard InChI is InChI=1S/C29H26ClN7O13S4.3Na/c1-2-16-5-3-4-6-21(16)31-28-33-27(30)34-29(35-28)32-22-15-20(52(41,42)43)13-17-14-23(53(44,45)46)25(26(38)24(17)22)37-36-18-7-9-19(10-8-18)51(39,40)12-11-50-54(47,48)49;;;/h3-10,13-15,38H,2,11-12H2,1H3,(H,41,42,43)(H,44,45,46)(H,47,48,49)(H2,31,32,33,34,35);;;/q;3*+1/p-3. The number of nitrogens with one attached hydrogen (secondary N) is 2. The van der Waals surface area contributed by atoms with E-state index in [-0.39, 0.29) is 116 Å². The maximum Gasteiger partial charge on any atom is 1.00 e. The smallest absolute Gasteiger partial charge is 0.870 e.